The molecule has 1 aliphatic heterocycles. The molecule has 0 radical (unpaired) electrons. The molecule has 1 aliphatic rings. The van der Waals surface area contributed by atoms with Crippen molar-refractivity contribution >= 4 is 11.6 Å². The molecule has 106 valence electrons. The summed E-state index contributed by atoms with van der Waals surface area (Å²) in [4.78, 5) is 19.2. The van der Waals surface area contributed by atoms with Gasteiger partial charge in [-0.05, 0) is 52.2 Å². The molecule has 2 unspecified atom stereocenters. The van der Waals surface area contributed by atoms with E-state index in [-0.39, 0.29) is 5.91 Å². The zero-order valence-corrected chi connectivity index (χ0v) is 12.3. The Hall–Kier alpha value is -1.84. The predicted molar refractivity (Wildman–Crippen MR) is 78.9 cm³/mol. The third-order valence-electron chi connectivity index (χ3n) is 4.26. The van der Waals surface area contributed by atoms with Gasteiger partial charge in [0.1, 0.15) is 5.65 Å². The Morgan fingerprint density at radius 2 is 2.00 bits per heavy atom. The van der Waals surface area contributed by atoms with Gasteiger partial charge in [-0.15, -0.1) is 0 Å². The third kappa shape index (κ3) is 2.19. The Kier molecular flexibility index (Phi) is 3.24. The van der Waals surface area contributed by atoms with E-state index >= 15 is 0 Å². The smallest absolute Gasteiger partial charge is 0.254 e. The fraction of sp³-hybridized carbons (Fsp3) is 0.500. The summed E-state index contributed by atoms with van der Waals surface area (Å²) in [5.41, 5.74) is 2.55. The quantitative estimate of drug-likeness (QED) is 0.799. The highest BCUT2D eigenvalue weighted by molar-refractivity contribution is 5.95. The number of nitrogens with zero attached hydrogens (tertiary/aromatic N) is 3. The highest BCUT2D eigenvalue weighted by Gasteiger charge is 2.29. The van der Waals surface area contributed by atoms with Gasteiger partial charge in [-0.2, -0.15) is 0 Å². The first-order valence-electron chi connectivity index (χ1n) is 7.34. The van der Waals surface area contributed by atoms with Crippen molar-refractivity contribution in [1.29, 1.82) is 0 Å². The maximum absolute atomic E-state index is 12.8. The molecule has 1 saturated heterocycles. The van der Waals surface area contributed by atoms with Crippen LogP contribution in [0.25, 0.3) is 5.65 Å². The van der Waals surface area contributed by atoms with Gasteiger partial charge in [0.25, 0.3) is 5.91 Å². The SMILES string of the molecule is Cc1cn2ccc(C(=O)N3C(C)CCCC3C)cc2n1. The highest BCUT2D eigenvalue weighted by Crippen LogP contribution is 2.24. The molecule has 0 N–H and O–H groups in total. The number of amides is 1. The summed E-state index contributed by atoms with van der Waals surface area (Å²) >= 11 is 0. The number of hydrogen-bond donors (Lipinski definition) is 0. The van der Waals surface area contributed by atoms with Gasteiger partial charge in [0.2, 0.25) is 0 Å². The lowest BCUT2D eigenvalue weighted by molar-refractivity contribution is 0.0511. The van der Waals surface area contributed by atoms with Gasteiger partial charge in [0.05, 0.1) is 5.69 Å². The molecule has 1 amide bonds. The maximum atomic E-state index is 12.8. The monoisotopic (exact) mass is 271 g/mol. The van der Waals surface area contributed by atoms with Gasteiger partial charge < -0.3 is 9.30 Å². The van der Waals surface area contributed by atoms with Crippen molar-refractivity contribution in [3.8, 4) is 0 Å². The Bertz CT molecular complexity index is 636. The molecule has 3 rings (SSSR count). The average Bonchev–Trinajstić information content (AvgIpc) is 2.77. The van der Waals surface area contributed by atoms with Crippen LogP contribution in [-0.4, -0.2) is 32.3 Å². The van der Waals surface area contributed by atoms with Gasteiger partial charge >= 0.3 is 0 Å². The van der Waals surface area contributed by atoms with E-state index in [1.54, 1.807) is 0 Å². The second-order valence-corrected chi connectivity index (χ2v) is 5.90. The van der Waals surface area contributed by atoms with E-state index in [4.69, 9.17) is 0 Å². The number of imidazole rings is 1. The summed E-state index contributed by atoms with van der Waals surface area (Å²) < 4.78 is 1.95. The Balaban J connectivity index is 1.94. The Morgan fingerprint density at radius 1 is 1.30 bits per heavy atom. The Morgan fingerprint density at radius 3 is 2.70 bits per heavy atom. The van der Waals surface area contributed by atoms with E-state index in [9.17, 15) is 4.79 Å². The molecule has 2 atom stereocenters. The van der Waals surface area contributed by atoms with Crippen LogP contribution in [0.15, 0.2) is 24.5 Å². The van der Waals surface area contributed by atoms with Crippen LogP contribution < -0.4 is 0 Å². The second-order valence-electron chi connectivity index (χ2n) is 5.90. The van der Waals surface area contributed by atoms with E-state index < -0.39 is 0 Å². The number of aryl methyl sites for hydroxylation is 1. The van der Waals surface area contributed by atoms with Crippen molar-refractivity contribution in [3.63, 3.8) is 0 Å². The zero-order valence-electron chi connectivity index (χ0n) is 12.3. The minimum Gasteiger partial charge on any atom is -0.333 e. The van der Waals surface area contributed by atoms with E-state index in [1.165, 1.54) is 6.42 Å². The normalized spacial score (nSPS) is 23.2. The van der Waals surface area contributed by atoms with Crippen LogP contribution in [0, 0.1) is 6.92 Å². The standard InChI is InChI=1S/C16H21N3O/c1-11-10-18-8-7-14(9-15(18)17-11)16(20)19-12(2)5-4-6-13(19)3/h7-10,12-13H,4-6H2,1-3H3. The minimum atomic E-state index is 0.132. The lowest BCUT2D eigenvalue weighted by Gasteiger charge is -2.39. The number of fused-ring (bicyclic) bond motifs is 1. The van der Waals surface area contributed by atoms with Gasteiger partial charge in [-0.3, -0.25) is 4.79 Å². The molecular formula is C16H21N3O. The van der Waals surface area contributed by atoms with E-state index in [0.717, 1.165) is 29.7 Å². The summed E-state index contributed by atoms with van der Waals surface area (Å²) in [7, 11) is 0. The number of carbonyl (C=O) groups is 1. The van der Waals surface area contributed by atoms with Gasteiger partial charge in [0.15, 0.2) is 0 Å². The molecule has 3 heterocycles. The molecule has 20 heavy (non-hydrogen) atoms. The first-order valence-corrected chi connectivity index (χ1v) is 7.34. The number of hydrogen-bond acceptors (Lipinski definition) is 2. The first kappa shape index (κ1) is 13.2. The number of aromatic nitrogens is 2. The molecule has 2 aromatic rings. The molecular weight excluding hydrogens is 250 g/mol. The molecule has 4 nitrogen and oxygen atoms in total. The van der Waals surface area contributed by atoms with Crippen LogP contribution in [0.3, 0.4) is 0 Å². The second kappa shape index (κ2) is 4.93. The molecule has 0 bridgehead atoms. The summed E-state index contributed by atoms with van der Waals surface area (Å²) in [6.07, 6.45) is 7.30. The van der Waals surface area contributed by atoms with Crippen LogP contribution in [0.1, 0.15) is 49.2 Å². The fourth-order valence-electron chi connectivity index (χ4n) is 3.21. The number of carbonyl (C=O) groups excluding carboxylic acids is 1. The minimum absolute atomic E-state index is 0.132. The van der Waals surface area contributed by atoms with Crippen molar-refractivity contribution in [2.24, 2.45) is 0 Å². The van der Waals surface area contributed by atoms with Crippen molar-refractivity contribution in [2.75, 3.05) is 0 Å². The highest BCUT2D eigenvalue weighted by atomic mass is 16.2. The maximum Gasteiger partial charge on any atom is 0.254 e. The molecule has 0 saturated carbocycles. The van der Waals surface area contributed by atoms with Gasteiger partial charge in [0, 0.05) is 30.0 Å². The van der Waals surface area contributed by atoms with Crippen molar-refractivity contribution in [3.05, 3.63) is 35.8 Å². The molecule has 4 heteroatoms. The summed E-state index contributed by atoms with van der Waals surface area (Å²) in [5, 5.41) is 0. The zero-order chi connectivity index (χ0) is 14.3. The van der Waals surface area contributed by atoms with Crippen LogP contribution in [0.4, 0.5) is 0 Å². The van der Waals surface area contributed by atoms with E-state index in [2.05, 4.69) is 18.8 Å². The summed E-state index contributed by atoms with van der Waals surface area (Å²) in [6.45, 7) is 6.25. The topological polar surface area (TPSA) is 37.6 Å². The van der Waals surface area contributed by atoms with Crippen LogP contribution in [0.2, 0.25) is 0 Å². The van der Waals surface area contributed by atoms with E-state index in [1.807, 2.05) is 40.8 Å². The number of likely N-dealkylation sites (tertiary alicyclic amines) is 1. The van der Waals surface area contributed by atoms with Gasteiger partial charge in [-0.25, -0.2) is 4.98 Å². The number of piperidine rings is 1. The molecule has 1 fully saturated rings. The third-order valence-corrected chi connectivity index (χ3v) is 4.26. The van der Waals surface area contributed by atoms with Crippen LogP contribution in [0.5, 0.6) is 0 Å². The predicted octanol–water partition coefficient (Wildman–Crippen LogP) is 3.05. The molecule has 0 aromatic carbocycles. The lowest BCUT2D eigenvalue weighted by atomic mass is 9.96. The average molecular weight is 271 g/mol. The molecule has 0 spiro atoms. The lowest BCUT2D eigenvalue weighted by Crippen LogP contribution is -2.47. The van der Waals surface area contributed by atoms with Gasteiger partial charge in [-0.1, -0.05) is 0 Å². The van der Waals surface area contributed by atoms with Crippen molar-refractivity contribution in [1.82, 2.24) is 14.3 Å². The fourth-order valence-corrected chi connectivity index (χ4v) is 3.21. The molecule has 2 aromatic heterocycles. The summed E-state index contributed by atoms with van der Waals surface area (Å²) in [6, 6.07) is 4.43. The summed E-state index contributed by atoms with van der Waals surface area (Å²) in [5.74, 6) is 0.132. The van der Waals surface area contributed by atoms with Crippen molar-refractivity contribution in [2.45, 2.75) is 52.1 Å². The van der Waals surface area contributed by atoms with E-state index in [0.29, 0.717) is 12.1 Å². The van der Waals surface area contributed by atoms with Crippen LogP contribution >= 0.6 is 0 Å². The molecule has 0 aliphatic carbocycles. The van der Waals surface area contributed by atoms with Crippen molar-refractivity contribution < 1.29 is 4.79 Å². The first-order chi connectivity index (χ1) is 9.56. The van der Waals surface area contributed by atoms with Crippen LogP contribution in [-0.2, 0) is 0 Å². The number of rotatable bonds is 1. The Labute approximate surface area is 119 Å². The largest absolute Gasteiger partial charge is 0.333 e. The number of pyridine rings is 1.